The smallest absolute Gasteiger partial charge is 0.300 e. The Labute approximate surface area is 184 Å². The van der Waals surface area contributed by atoms with Crippen LogP contribution in [0.4, 0.5) is 11.4 Å². The summed E-state index contributed by atoms with van der Waals surface area (Å²) < 4.78 is 0. The normalized spacial score (nSPS) is 17.6. The summed E-state index contributed by atoms with van der Waals surface area (Å²) >= 11 is 0. The quantitative estimate of drug-likeness (QED) is 0.211. The van der Waals surface area contributed by atoms with Gasteiger partial charge in [-0.2, -0.15) is 0 Å². The lowest BCUT2D eigenvalue weighted by atomic mass is 9.94. The molecule has 7 nitrogen and oxygen atoms in total. The van der Waals surface area contributed by atoms with Gasteiger partial charge in [-0.3, -0.25) is 24.6 Å². The number of hydrogen-bond acceptors (Lipinski definition) is 5. The summed E-state index contributed by atoms with van der Waals surface area (Å²) in [5, 5.41) is 22.3. The fraction of sp³-hybridized carbons (Fsp3) is 0.120. The topological polar surface area (TPSA) is 101 Å². The van der Waals surface area contributed by atoms with E-state index in [-0.39, 0.29) is 16.8 Å². The zero-order valence-corrected chi connectivity index (χ0v) is 17.5. The van der Waals surface area contributed by atoms with E-state index < -0.39 is 28.4 Å². The molecule has 4 rings (SSSR count). The first kappa shape index (κ1) is 21.0. The molecule has 32 heavy (non-hydrogen) atoms. The van der Waals surface area contributed by atoms with Crippen LogP contribution in [0.5, 0.6) is 0 Å². The minimum absolute atomic E-state index is 0.0969. The second-order valence-electron chi connectivity index (χ2n) is 7.68. The van der Waals surface area contributed by atoms with Gasteiger partial charge in [0.25, 0.3) is 17.4 Å². The first-order valence-corrected chi connectivity index (χ1v) is 9.97. The molecule has 160 valence electrons. The third-order valence-corrected chi connectivity index (χ3v) is 5.51. The van der Waals surface area contributed by atoms with Gasteiger partial charge in [-0.05, 0) is 31.0 Å². The lowest BCUT2D eigenvalue weighted by molar-refractivity contribution is -0.384. The van der Waals surface area contributed by atoms with Crippen molar-refractivity contribution in [3.63, 3.8) is 0 Å². The van der Waals surface area contributed by atoms with Crippen LogP contribution in [0.3, 0.4) is 0 Å². The molecular formula is C25H20N2O5. The van der Waals surface area contributed by atoms with Crippen molar-refractivity contribution in [2.24, 2.45) is 0 Å². The number of hydrogen-bond donors (Lipinski definition) is 1. The second-order valence-corrected chi connectivity index (χ2v) is 7.68. The molecular weight excluding hydrogens is 408 g/mol. The standard InChI is InChI=1S/C25H20N2O5/c1-15-7-5-9-17(13-15)22-21(23(28)18-10-6-11-19(14-18)27(31)32)24(29)25(30)26(22)20-12-4-3-8-16(20)2/h3-14,22,28H,1-2H3/b23-21-. The molecule has 0 bridgehead atoms. The lowest BCUT2D eigenvalue weighted by Crippen LogP contribution is -2.30. The molecule has 0 aromatic heterocycles. The van der Waals surface area contributed by atoms with E-state index in [2.05, 4.69) is 0 Å². The number of non-ortho nitro benzene ring substituents is 1. The third-order valence-electron chi connectivity index (χ3n) is 5.51. The maximum Gasteiger partial charge on any atom is 0.300 e. The number of rotatable bonds is 4. The van der Waals surface area contributed by atoms with Crippen molar-refractivity contribution in [2.45, 2.75) is 19.9 Å². The molecule has 1 N–H and O–H groups in total. The fourth-order valence-corrected chi connectivity index (χ4v) is 3.99. The number of Topliss-reactive ketones (excluding diaryl/α,β-unsaturated/α-hetero) is 1. The molecule has 3 aromatic rings. The Balaban J connectivity index is 1.98. The van der Waals surface area contributed by atoms with Crippen molar-refractivity contribution in [2.75, 3.05) is 4.90 Å². The number of nitro benzene ring substituents is 1. The van der Waals surface area contributed by atoms with Gasteiger partial charge in [-0.25, -0.2) is 0 Å². The van der Waals surface area contributed by atoms with Crippen molar-refractivity contribution in [1.82, 2.24) is 0 Å². The van der Waals surface area contributed by atoms with Gasteiger partial charge in [0.05, 0.1) is 16.5 Å². The Morgan fingerprint density at radius 3 is 2.38 bits per heavy atom. The molecule has 1 aliphatic heterocycles. The zero-order chi connectivity index (χ0) is 23.0. The number of nitro groups is 1. The van der Waals surface area contributed by atoms with E-state index in [9.17, 15) is 24.8 Å². The summed E-state index contributed by atoms with van der Waals surface area (Å²) in [4.78, 5) is 38.3. The molecule has 1 saturated heterocycles. The highest BCUT2D eigenvalue weighted by Crippen LogP contribution is 2.43. The van der Waals surface area contributed by atoms with E-state index >= 15 is 0 Å². The summed E-state index contributed by atoms with van der Waals surface area (Å²) in [6.45, 7) is 3.73. The first-order valence-electron chi connectivity index (χ1n) is 9.97. The summed E-state index contributed by atoms with van der Waals surface area (Å²) in [6, 6.07) is 19.0. The number of para-hydroxylation sites is 1. The summed E-state index contributed by atoms with van der Waals surface area (Å²) in [7, 11) is 0. The molecule has 1 fully saturated rings. The number of aryl methyl sites for hydroxylation is 2. The van der Waals surface area contributed by atoms with Crippen LogP contribution in [0.1, 0.15) is 28.3 Å². The number of aliphatic hydroxyl groups excluding tert-OH is 1. The van der Waals surface area contributed by atoms with Crippen LogP contribution >= 0.6 is 0 Å². The van der Waals surface area contributed by atoms with Crippen molar-refractivity contribution < 1.29 is 19.6 Å². The van der Waals surface area contributed by atoms with Crippen molar-refractivity contribution in [3.05, 3.63) is 111 Å². The number of carbonyl (C=O) groups is 2. The van der Waals surface area contributed by atoms with Gasteiger partial charge in [0.1, 0.15) is 5.76 Å². The summed E-state index contributed by atoms with van der Waals surface area (Å²) in [5.41, 5.74) is 2.69. The van der Waals surface area contributed by atoms with E-state index in [1.807, 2.05) is 44.2 Å². The van der Waals surface area contributed by atoms with Gasteiger partial charge in [0.2, 0.25) is 0 Å². The number of aliphatic hydroxyl groups is 1. The monoisotopic (exact) mass is 428 g/mol. The Kier molecular flexibility index (Phi) is 5.32. The molecule has 7 heteroatoms. The van der Waals surface area contributed by atoms with Crippen LogP contribution in [0.25, 0.3) is 5.76 Å². The lowest BCUT2D eigenvalue weighted by Gasteiger charge is -2.27. The van der Waals surface area contributed by atoms with Crippen LogP contribution in [0.2, 0.25) is 0 Å². The number of carbonyl (C=O) groups excluding carboxylic acids is 2. The highest BCUT2D eigenvalue weighted by atomic mass is 16.6. The molecule has 1 unspecified atom stereocenters. The Bertz CT molecular complexity index is 1290. The van der Waals surface area contributed by atoms with Gasteiger partial charge < -0.3 is 5.11 Å². The molecule has 1 atom stereocenters. The first-order chi connectivity index (χ1) is 15.3. The van der Waals surface area contributed by atoms with Crippen LogP contribution in [0, 0.1) is 24.0 Å². The average Bonchev–Trinajstić information content (AvgIpc) is 3.04. The SMILES string of the molecule is Cc1cccc(C2/C(=C(/O)c3cccc([N+](=O)[O-])c3)C(=O)C(=O)N2c2ccccc2C)c1. The van der Waals surface area contributed by atoms with Crippen LogP contribution in [-0.4, -0.2) is 21.7 Å². The Hall–Kier alpha value is -4.26. The van der Waals surface area contributed by atoms with Gasteiger partial charge >= 0.3 is 0 Å². The minimum atomic E-state index is -0.879. The van der Waals surface area contributed by atoms with Gasteiger partial charge in [0, 0.05) is 23.4 Å². The largest absolute Gasteiger partial charge is 0.507 e. The van der Waals surface area contributed by atoms with Crippen LogP contribution in [0.15, 0.2) is 78.4 Å². The Morgan fingerprint density at radius 2 is 1.69 bits per heavy atom. The number of amides is 1. The number of benzene rings is 3. The number of anilines is 1. The van der Waals surface area contributed by atoms with Crippen LogP contribution < -0.4 is 4.90 Å². The molecule has 1 heterocycles. The van der Waals surface area contributed by atoms with E-state index in [4.69, 9.17) is 0 Å². The molecule has 1 amide bonds. The van der Waals surface area contributed by atoms with E-state index in [0.29, 0.717) is 11.3 Å². The number of ketones is 1. The van der Waals surface area contributed by atoms with Gasteiger partial charge in [0.15, 0.2) is 0 Å². The molecule has 0 saturated carbocycles. The van der Waals surface area contributed by atoms with E-state index in [1.165, 1.54) is 29.2 Å². The molecule has 1 aliphatic rings. The minimum Gasteiger partial charge on any atom is -0.507 e. The molecule has 0 spiro atoms. The van der Waals surface area contributed by atoms with Crippen molar-refractivity contribution in [1.29, 1.82) is 0 Å². The Morgan fingerprint density at radius 1 is 0.969 bits per heavy atom. The predicted octanol–water partition coefficient (Wildman–Crippen LogP) is 4.84. The predicted molar refractivity (Wildman–Crippen MR) is 120 cm³/mol. The van der Waals surface area contributed by atoms with E-state index in [0.717, 1.165) is 11.1 Å². The zero-order valence-electron chi connectivity index (χ0n) is 17.5. The maximum atomic E-state index is 13.2. The highest BCUT2D eigenvalue weighted by molar-refractivity contribution is 6.51. The molecule has 3 aromatic carbocycles. The van der Waals surface area contributed by atoms with Crippen molar-refractivity contribution in [3.8, 4) is 0 Å². The summed E-state index contributed by atoms with van der Waals surface area (Å²) in [5.74, 6) is -2.06. The third kappa shape index (κ3) is 3.54. The average molecular weight is 428 g/mol. The molecule has 0 radical (unpaired) electrons. The van der Waals surface area contributed by atoms with E-state index in [1.54, 1.807) is 18.2 Å². The molecule has 0 aliphatic carbocycles. The van der Waals surface area contributed by atoms with Gasteiger partial charge in [-0.15, -0.1) is 0 Å². The van der Waals surface area contributed by atoms with Gasteiger partial charge in [-0.1, -0.05) is 60.2 Å². The second kappa shape index (κ2) is 8.11. The van der Waals surface area contributed by atoms with Crippen molar-refractivity contribution >= 4 is 28.8 Å². The van der Waals surface area contributed by atoms with Crippen LogP contribution in [-0.2, 0) is 9.59 Å². The highest BCUT2D eigenvalue weighted by Gasteiger charge is 2.47. The fourth-order valence-electron chi connectivity index (χ4n) is 3.99. The number of nitrogens with zero attached hydrogens (tertiary/aromatic N) is 2. The summed E-state index contributed by atoms with van der Waals surface area (Å²) in [6.07, 6.45) is 0. The maximum absolute atomic E-state index is 13.2.